The number of nitrogens with zero attached hydrogens (tertiary/aromatic N) is 2. The average molecular weight is 186 g/mol. The summed E-state index contributed by atoms with van der Waals surface area (Å²) < 4.78 is 0. The van der Waals surface area contributed by atoms with E-state index in [4.69, 9.17) is 0 Å². The number of hydrogen-bond acceptors (Lipinski definition) is 2. The van der Waals surface area contributed by atoms with Crippen LogP contribution < -0.4 is 4.98 Å². The van der Waals surface area contributed by atoms with E-state index in [1.165, 1.54) is 0 Å². The van der Waals surface area contributed by atoms with Crippen LogP contribution in [0.5, 0.6) is 0 Å². The second-order valence-electron chi connectivity index (χ2n) is 2.96. The van der Waals surface area contributed by atoms with E-state index in [1.807, 2.05) is 18.3 Å². The van der Waals surface area contributed by atoms with E-state index >= 15 is 0 Å². The molecule has 0 saturated heterocycles. The number of rotatable bonds is 1. The second kappa shape index (κ2) is 2.66. The predicted octanol–water partition coefficient (Wildman–Crippen LogP) is 0.767. The van der Waals surface area contributed by atoms with Crippen LogP contribution in [0.4, 0.5) is 0 Å². The number of aromatic amines is 3. The molecule has 0 bridgehead atoms. The first-order valence-corrected chi connectivity index (χ1v) is 4.28. The van der Waals surface area contributed by atoms with Gasteiger partial charge in [-0.25, -0.2) is 4.98 Å². The molecule has 0 radical (unpaired) electrons. The molecule has 0 aromatic carbocycles. The van der Waals surface area contributed by atoms with E-state index in [-0.39, 0.29) is 0 Å². The minimum absolute atomic E-state index is 0.810. The van der Waals surface area contributed by atoms with Crippen LogP contribution in [-0.4, -0.2) is 19.9 Å². The molecule has 3 rings (SSSR count). The molecule has 0 fully saturated rings. The Morgan fingerprint density at radius 1 is 1.21 bits per heavy atom. The van der Waals surface area contributed by atoms with Crippen LogP contribution in [0.15, 0.2) is 31.0 Å². The molecule has 68 valence electrons. The summed E-state index contributed by atoms with van der Waals surface area (Å²) in [6, 6.07) is 3.92. The van der Waals surface area contributed by atoms with Gasteiger partial charge in [-0.05, 0) is 12.1 Å². The number of hydrogen-bond donors (Lipinski definition) is 2. The summed E-state index contributed by atoms with van der Waals surface area (Å²) in [5.41, 5.74) is 3.58. The van der Waals surface area contributed by atoms with Crippen molar-refractivity contribution in [3.8, 4) is 11.4 Å². The molecule has 5 nitrogen and oxygen atoms in total. The zero-order valence-corrected chi connectivity index (χ0v) is 7.28. The van der Waals surface area contributed by atoms with Crippen LogP contribution in [-0.2, 0) is 0 Å². The molecule has 0 amide bonds. The molecule has 14 heavy (non-hydrogen) atoms. The van der Waals surface area contributed by atoms with Crippen molar-refractivity contribution in [3.63, 3.8) is 0 Å². The van der Waals surface area contributed by atoms with Crippen LogP contribution in [0.2, 0.25) is 0 Å². The highest BCUT2D eigenvalue weighted by atomic mass is 15.0. The van der Waals surface area contributed by atoms with E-state index in [1.54, 1.807) is 12.7 Å². The van der Waals surface area contributed by atoms with Crippen molar-refractivity contribution < 1.29 is 4.98 Å². The number of aromatic nitrogens is 5. The van der Waals surface area contributed by atoms with Crippen LogP contribution in [0.1, 0.15) is 0 Å². The minimum Gasteiger partial charge on any atom is -0.359 e. The Hall–Kier alpha value is -2.17. The molecule has 0 unspecified atom stereocenters. The van der Waals surface area contributed by atoms with Gasteiger partial charge in [-0.2, -0.15) is 0 Å². The molecule has 0 aliphatic carbocycles. The zero-order chi connectivity index (χ0) is 9.38. The summed E-state index contributed by atoms with van der Waals surface area (Å²) in [6.45, 7) is 0. The molecule has 0 atom stereocenters. The summed E-state index contributed by atoms with van der Waals surface area (Å²) in [6.07, 6.45) is 5.16. The van der Waals surface area contributed by atoms with Crippen molar-refractivity contribution in [2.45, 2.75) is 0 Å². The molecule has 3 aromatic rings. The lowest BCUT2D eigenvalue weighted by Crippen LogP contribution is -2.05. The molecule has 0 spiro atoms. The molecule has 5 heteroatoms. The van der Waals surface area contributed by atoms with Gasteiger partial charge in [0, 0.05) is 6.20 Å². The Morgan fingerprint density at radius 3 is 3.07 bits per heavy atom. The molecule has 0 aliphatic rings. The smallest absolute Gasteiger partial charge is 0.289 e. The summed E-state index contributed by atoms with van der Waals surface area (Å²) in [5, 5.41) is 0. The molecule has 0 aliphatic heterocycles. The Bertz CT molecular complexity index is 551. The van der Waals surface area contributed by atoms with Gasteiger partial charge in [0.05, 0.1) is 5.69 Å². The first-order chi connectivity index (χ1) is 6.95. The molecule has 3 N–H and O–H groups in total. The van der Waals surface area contributed by atoms with Crippen LogP contribution in [0.25, 0.3) is 22.6 Å². The predicted molar refractivity (Wildman–Crippen MR) is 50.2 cm³/mol. The van der Waals surface area contributed by atoms with Crippen molar-refractivity contribution in [2.75, 3.05) is 0 Å². The van der Waals surface area contributed by atoms with Gasteiger partial charge in [-0.3, -0.25) is 0 Å². The Morgan fingerprint density at radius 2 is 2.21 bits per heavy atom. The maximum absolute atomic E-state index is 4.26. The Kier molecular flexibility index (Phi) is 1.38. The van der Waals surface area contributed by atoms with Gasteiger partial charge in [0.15, 0.2) is 17.5 Å². The minimum atomic E-state index is 0.810. The Labute approximate surface area is 79.2 Å². The van der Waals surface area contributed by atoms with Crippen LogP contribution in [0.3, 0.4) is 0 Å². The fraction of sp³-hybridized carbons (Fsp3) is 0. The SMILES string of the molecule is c1c[nH]c(-c2nc[nH+]c3nc[nH]c23)c1. The van der Waals surface area contributed by atoms with Gasteiger partial charge in [0.2, 0.25) is 6.33 Å². The first kappa shape index (κ1) is 7.25. The number of imidazole rings is 1. The molecular formula is C9H8N5+. The van der Waals surface area contributed by atoms with Gasteiger partial charge < -0.3 is 9.97 Å². The van der Waals surface area contributed by atoms with E-state index in [2.05, 4.69) is 24.9 Å². The lowest BCUT2D eigenvalue weighted by Gasteiger charge is -1.91. The lowest BCUT2D eigenvalue weighted by molar-refractivity contribution is -0.352. The highest BCUT2D eigenvalue weighted by molar-refractivity contribution is 5.83. The van der Waals surface area contributed by atoms with Crippen molar-refractivity contribution in [1.29, 1.82) is 0 Å². The number of H-pyrrole nitrogens is 3. The third-order valence-corrected chi connectivity index (χ3v) is 2.12. The third-order valence-electron chi connectivity index (χ3n) is 2.12. The molecule has 0 saturated carbocycles. The van der Waals surface area contributed by atoms with Gasteiger partial charge in [-0.15, -0.1) is 4.98 Å². The standard InChI is InChI=1S/C9H7N5/c1-2-6(10-3-1)7-8-9(13-4-11-7)14-5-12-8/h1-5,10H,(H,11,12,13,14)/p+1. The summed E-state index contributed by atoms with van der Waals surface area (Å²) in [5.74, 6) is 0. The fourth-order valence-electron chi connectivity index (χ4n) is 1.49. The number of nitrogens with one attached hydrogen (secondary N) is 3. The van der Waals surface area contributed by atoms with Crippen LogP contribution in [0, 0.1) is 0 Å². The van der Waals surface area contributed by atoms with Gasteiger partial charge >= 0.3 is 0 Å². The summed E-state index contributed by atoms with van der Waals surface area (Å²) in [4.78, 5) is 17.5. The zero-order valence-electron chi connectivity index (χ0n) is 7.28. The molecule has 3 aromatic heterocycles. The summed E-state index contributed by atoms with van der Waals surface area (Å²) >= 11 is 0. The average Bonchev–Trinajstić information content (AvgIpc) is 2.88. The van der Waals surface area contributed by atoms with E-state index in [0.717, 1.165) is 22.6 Å². The largest absolute Gasteiger partial charge is 0.359 e. The summed E-state index contributed by atoms with van der Waals surface area (Å²) in [7, 11) is 0. The topological polar surface area (TPSA) is 71.5 Å². The van der Waals surface area contributed by atoms with E-state index in [0.29, 0.717) is 0 Å². The first-order valence-electron chi connectivity index (χ1n) is 4.28. The van der Waals surface area contributed by atoms with Gasteiger partial charge in [-0.1, -0.05) is 4.98 Å². The van der Waals surface area contributed by atoms with Crippen molar-refractivity contribution in [1.82, 2.24) is 19.9 Å². The number of fused-ring (bicyclic) bond motifs is 1. The molecular weight excluding hydrogens is 178 g/mol. The second-order valence-corrected chi connectivity index (χ2v) is 2.96. The monoisotopic (exact) mass is 186 g/mol. The van der Waals surface area contributed by atoms with E-state index in [9.17, 15) is 0 Å². The lowest BCUT2D eigenvalue weighted by atomic mass is 10.3. The van der Waals surface area contributed by atoms with Crippen molar-refractivity contribution in [3.05, 3.63) is 31.0 Å². The maximum Gasteiger partial charge on any atom is 0.289 e. The normalized spacial score (nSPS) is 10.9. The van der Waals surface area contributed by atoms with E-state index < -0.39 is 0 Å². The van der Waals surface area contributed by atoms with Crippen molar-refractivity contribution >= 4 is 11.2 Å². The third kappa shape index (κ3) is 0.922. The highest BCUT2D eigenvalue weighted by Gasteiger charge is 2.13. The molecule has 3 heterocycles. The maximum atomic E-state index is 4.26. The van der Waals surface area contributed by atoms with Gasteiger partial charge in [0.1, 0.15) is 0 Å². The van der Waals surface area contributed by atoms with Crippen LogP contribution >= 0.6 is 0 Å². The Balaban J connectivity index is 2.36. The van der Waals surface area contributed by atoms with Crippen molar-refractivity contribution in [2.24, 2.45) is 0 Å². The highest BCUT2D eigenvalue weighted by Crippen LogP contribution is 2.19. The fourth-order valence-corrected chi connectivity index (χ4v) is 1.49. The van der Waals surface area contributed by atoms with Gasteiger partial charge in [0.25, 0.3) is 5.65 Å². The quantitative estimate of drug-likeness (QED) is 0.589.